The molecule has 0 radical (unpaired) electrons. The maximum atomic E-state index is 12.0. The molecule has 0 aliphatic carbocycles. The van der Waals surface area contributed by atoms with Crippen LogP contribution >= 0.6 is 11.8 Å². The molecule has 1 heterocycles. The van der Waals surface area contributed by atoms with Crippen LogP contribution in [-0.4, -0.2) is 21.6 Å². The Morgan fingerprint density at radius 2 is 1.78 bits per heavy atom. The fourth-order valence-corrected chi connectivity index (χ4v) is 2.98. The third kappa shape index (κ3) is 4.07. The van der Waals surface area contributed by atoms with Crippen molar-refractivity contribution < 1.29 is 4.79 Å². The van der Waals surface area contributed by atoms with Crippen molar-refractivity contribution in [1.82, 2.24) is 15.3 Å². The molecule has 0 bridgehead atoms. The molecule has 23 heavy (non-hydrogen) atoms. The maximum Gasteiger partial charge on any atom is 0.230 e. The highest BCUT2D eigenvalue weighted by Crippen LogP contribution is 2.20. The second-order valence-corrected chi connectivity index (χ2v) is 6.10. The van der Waals surface area contributed by atoms with Gasteiger partial charge >= 0.3 is 0 Å². The van der Waals surface area contributed by atoms with Crippen molar-refractivity contribution >= 4 is 28.6 Å². The summed E-state index contributed by atoms with van der Waals surface area (Å²) >= 11 is 1.36. The molecule has 0 saturated heterocycles. The minimum Gasteiger partial charge on any atom is -0.351 e. The number of amides is 1. The van der Waals surface area contributed by atoms with Crippen LogP contribution in [-0.2, 0) is 11.3 Å². The van der Waals surface area contributed by atoms with Crippen molar-refractivity contribution in [2.75, 3.05) is 5.75 Å². The van der Waals surface area contributed by atoms with E-state index in [1.807, 2.05) is 61.5 Å². The molecule has 3 aromatic rings. The van der Waals surface area contributed by atoms with Gasteiger partial charge in [-0.25, -0.2) is 9.97 Å². The fraction of sp³-hybridized carbons (Fsp3) is 0.167. The van der Waals surface area contributed by atoms with Gasteiger partial charge < -0.3 is 5.32 Å². The molecular weight excluding hydrogens is 306 g/mol. The van der Waals surface area contributed by atoms with E-state index < -0.39 is 0 Å². The minimum absolute atomic E-state index is 0.0201. The second kappa shape index (κ2) is 7.24. The van der Waals surface area contributed by atoms with Gasteiger partial charge in [0.05, 0.1) is 11.3 Å². The highest BCUT2D eigenvalue weighted by molar-refractivity contribution is 7.99. The summed E-state index contributed by atoms with van der Waals surface area (Å²) in [6.07, 6.45) is 0. The van der Waals surface area contributed by atoms with Crippen molar-refractivity contribution in [3.63, 3.8) is 0 Å². The molecule has 0 spiro atoms. The average molecular weight is 323 g/mol. The zero-order chi connectivity index (χ0) is 16.1. The lowest BCUT2D eigenvalue weighted by Crippen LogP contribution is -2.24. The van der Waals surface area contributed by atoms with Crippen molar-refractivity contribution in [2.24, 2.45) is 0 Å². The Bertz CT molecular complexity index is 821. The number of hydrogen-bond acceptors (Lipinski definition) is 4. The van der Waals surface area contributed by atoms with Gasteiger partial charge in [-0.15, -0.1) is 0 Å². The number of benzene rings is 2. The van der Waals surface area contributed by atoms with E-state index in [2.05, 4.69) is 15.3 Å². The number of aryl methyl sites for hydroxylation is 1. The van der Waals surface area contributed by atoms with Gasteiger partial charge in [0.2, 0.25) is 5.91 Å². The molecule has 1 aromatic heterocycles. The zero-order valence-corrected chi connectivity index (χ0v) is 13.6. The summed E-state index contributed by atoms with van der Waals surface area (Å²) in [5.74, 6) is 0.290. The third-order valence-electron chi connectivity index (χ3n) is 3.44. The molecule has 0 aliphatic rings. The first-order valence-electron chi connectivity index (χ1n) is 7.39. The van der Waals surface area contributed by atoms with Gasteiger partial charge in [-0.1, -0.05) is 60.3 Å². The first-order valence-corrected chi connectivity index (χ1v) is 8.38. The van der Waals surface area contributed by atoms with Crippen molar-refractivity contribution in [3.05, 3.63) is 65.9 Å². The Labute approximate surface area is 139 Å². The van der Waals surface area contributed by atoms with Gasteiger partial charge in [-0.3, -0.25) is 4.79 Å². The molecule has 2 aromatic carbocycles. The lowest BCUT2D eigenvalue weighted by Gasteiger charge is -2.06. The fourth-order valence-electron chi connectivity index (χ4n) is 2.25. The van der Waals surface area contributed by atoms with Crippen LogP contribution in [0.15, 0.2) is 59.8 Å². The first kappa shape index (κ1) is 15.5. The van der Waals surface area contributed by atoms with E-state index in [4.69, 9.17) is 0 Å². The van der Waals surface area contributed by atoms with Crippen LogP contribution in [0.2, 0.25) is 0 Å². The lowest BCUT2D eigenvalue weighted by molar-refractivity contribution is -0.118. The molecule has 0 aliphatic heterocycles. The highest BCUT2D eigenvalue weighted by Gasteiger charge is 2.07. The Hall–Kier alpha value is -2.40. The molecule has 0 unspecified atom stereocenters. The molecule has 0 atom stereocenters. The van der Waals surface area contributed by atoms with Crippen molar-refractivity contribution in [3.8, 4) is 0 Å². The summed E-state index contributed by atoms with van der Waals surface area (Å²) in [5, 5.41) is 4.59. The summed E-state index contributed by atoms with van der Waals surface area (Å²) in [4.78, 5) is 20.9. The maximum absolute atomic E-state index is 12.0. The van der Waals surface area contributed by atoms with Crippen LogP contribution in [0.3, 0.4) is 0 Å². The third-order valence-corrected chi connectivity index (χ3v) is 4.29. The summed E-state index contributed by atoms with van der Waals surface area (Å²) < 4.78 is 0. The molecule has 0 fully saturated rings. The van der Waals surface area contributed by atoms with E-state index in [0.717, 1.165) is 22.2 Å². The number of nitrogens with zero attached hydrogens (tertiary/aromatic N) is 2. The van der Waals surface area contributed by atoms with Gasteiger partial charge in [0.1, 0.15) is 0 Å². The van der Waals surface area contributed by atoms with Crippen LogP contribution in [0.1, 0.15) is 11.3 Å². The van der Waals surface area contributed by atoms with E-state index in [-0.39, 0.29) is 5.91 Å². The number of thioether (sulfide) groups is 1. The summed E-state index contributed by atoms with van der Waals surface area (Å²) in [7, 11) is 0. The van der Waals surface area contributed by atoms with E-state index in [9.17, 15) is 4.79 Å². The van der Waals surface area contributed by atoms with Gasteiger partial charge in [0.25, 0.3) is 0 Å². The summed E-state index contributed by atoms with van der Waals surface area (Å²) in [6, 6.07) is 17.8. The zero-order valence-electron chi connectivity index (χ0n) is 12.8. The highest BCUT2D eigenvalue weighted by atomic mass is 32.2. The van der Waals surface area contributed by atoms with Gasteiger partial charge in [0.15, 0.2) is 5.16 Å². The van der Waals surface area contributed by atoms with Crippen molar-refractivity contribution in [1.29, 1.82) is 0 Å². The number of hydrogen-bond donors (Lipinski definition) is 1. The quantitative estimate of drug-likeness (QED) is 0.578. The van der Waals surface area contributed by atoms with E-state index in [0.29, 0.717) is 17.5 Å². The molecule has 4 nitrogen and oxygen atoms in total. The normalized spacial score (nSPS) is 10.7. The van der Waals surface area contributed by atoms with Gasteiger partial charge in [-0.2, -0.15) is 0 Å². The Morgan fingerprint density at radius 3 is 2.61 bits per heavy atom. The number of carbonyl (C=O) groups is 1. The SMILES string of the molecule is Cc1nc(SCC(=O)NCc2ccccc2)nc2ccccc12. The summed E-state index contributed by atoms with van der Waals surface area (Å²) in [6.45, 7) is 2.50. The molecular formula is C18H17N3OS. The largest absolute Gasteiger partial charge is 0.351 e. The molecule has 0 saturated carbocycles. The minimum atomic E-state index is -0.0201. The second-order valence-electron chi connectivity index (χ2n) is 5.16. The molecule has 5 heteroatoms. The van der Waals surface area contributed by atoms with Crippen LogP contribution in [0.4, 0.5) is 0 Å². The monoisotopic (exact) mass is 323 g/mol. The molecule has 1 amide bonds. The predicted molar refractivity (Wildman–Crippen MR) is 93.3 cm³/mol. The number of rotatable bonds is 5. The van der Waals surface area contributed by atoms with Crippen molar-refractivity contribution in [2.45, 2.75) is 18.6 Å². The number of aromatic nitrogens is 2. The van der Waals surface area contributed by atoms with Gasteiger partial charge in [-0.05, 0) is 18.6 Å². The predicted octanol–water partition coefficient (Wildman–Crippen LogP) is 3.35. The Kier molecular flexibility index (Phi) is 4.88. The number of nitrogens with one attached hydrogen (secondary N) is 1. The number of fused-ring (bicyclic) bond motifs is 1. The molecule has 1 N–H and O–H groups in total. The number of para-hydroxylation sites is 1. The van der Waals surface area contributed by atoms with Crippen LogP contribution < -0.4 is 5.32 Å². The smallest absolute Gasteiger partial charge is 0.230 e. The average Bonchev–Trinajstić information content (AvgIpc) is 2.59. The Morgan fingerprint density at radius 1 is 1.04 bits per heavy atom. The van der Waals surface area contributed by atoms with Crippen LogP contribution in [0.5, 0.6) is 0 Å². The van der Waals surface area contributed by atoms with E-state index in [1.165, 1.54) is 11.8 Å². The van der Waals surface area contributed by atoms with E-state index in [1.54, 1.807) is 0 Å². The Balaban J connectivity index is 1.58. The number of carbonyl (C=O) groups excluding carboxylic acids is 1. The van der Waals surface area contributed by atoms with Crippen LogP contribution in [0.25, 0.3) is 10.9 Å². The van der Waals surface area contributed by atoms with Crippen LogP contribution in [0, 0.1) is 6.92 Å². The van der Waals surface area contributed by atoms with E-state index >= 15 is 0 Å². The lowest BCUT2D eigenvalue weighted by atomic mass is 10.2. The topological polar surface area (TPSA) is 54.9 Å². The molecule has 3 rings (SSSR count). The molecule has 116 valence electrons. The summed E-state index contributed by atoms with van der Waals surface area (Å²) in [5.41, 5.74) is 2.93. The first-order chi connectivity index (χ1) is 11.2. The van der Waals surface area contributed by atoms with Gasteiger partial charge in [0, 0.05) is 17.6 Å². The standard InChI is InChI=1S/C18H17N3OS/c1-13-15-9-5-6-10-16(15)21-18(20-13)23-12-17(22)19-11-14-7-3-2-4-8-14/h2-10H,11-12H2,1H3,(H,19,22).